The van der Waals surface area contributed by atoms with Gasteiger partial charge < -0.3 is 15.6 Å². The van der Waals surface area contributed by atoms with Gasteiger partial charge in [-0.25, -0.2) is 9.97 Å². The summed E-state index contributed by atoms with van der Waals surface area (Å²) in [6, 6.07) is 2.46. The average molecular weight is 261 g/mol. The lowest BCUT2D eigenvalue weighted by Gasteiger charge is -2.16. The summed E-state index contributed by atoms with van der Waals surface area (Å²) in [5.41, 5.74) is 3.01. The number of rotatable bonds is 7. The molecule has 1 atom stereocenters. The second-order valence-corrected chi connectivity index (χ2v) is 5.41. The molecule has 0 aliphatic heterocycles. The van der Waals surface area contributed by atoms with Gasteiger partial charge >= 0.3 is 0 Å². The number of nitrogens with one attached hydrogen (secondary N) is 3. The molecule has 0 spiro atoms. The summed E-state index contributed by atoms with van der Waals surface area (Å²) in [5, 5.41) is 6.97. The Balaban J connectivity index is 1.83. The number of hydrogen-bond donors (Lipinski definition) is 3. The third kappa shape index (κ3) is 4.01. The highest BCUT2D eigenvalue weighted by atomic mass is 15.0. The van der Waals surface area contributed by atoms with Gasteiger partial charge in [-0.2, -0.15) is 0 Å². The Hall–Kier alpha value is -1.46. The Morgan fingerprint density at radius 3 is 2.84 bits per heavy atom. The highest BCUT2D eigenvalue weighted by Crippen LogP contribution is 2.11. The molecule has 0 saturated carbocycles. The van der Waals surface area contributed by atoms with Crippen LogP contribution >= 0.6 is 0 Å². The van der Waals surface area contributed by atoms with Crippen molar-refractivity contribution in [2.24, 2.45) is 5.92 Å². The molecule has 0 aliphatic rings. The molecule has 5 nitrogen and oxygen atoms in total. The second-order valence-electron chi connectivity index (χ2n) is 5.41. The van der Waals surface area contributed by atoms with Gasteiger partial charge in [-0.1, -0.05) is 13.8 Å². The van der Waals surface area contributed by atoms with Crippen molar-refractivity contribution in [2.75, 3.05) is 13.1 Å². The predicted octanol–water partition coefficient (Wildman–Crippen LogP) is 1.68. The molecule has 0 amide bonds. The minimum atomic E-state index is 0.435. The first-order valence-electron chi connectivity index (χ1n) is 6.88. The number of imidazole rings is 1. The molecule has 0 aromatic carbocycles. The van der Waals surface area contributed by atoms with E-state index in [0.717, 1.165) is 30.8 Å². The lowest BCUT2D eigenvalue weighted by Crippen LogP contribution is -2.37. The largest absolute Gasteiger partial charge is 0.343 e. The molecule has 0 radical (unpaired) electrons. The summed E-state index contributed by atoms with van der Waals surface area (Å²) >= 11 is 0. The molecule has 1 unspecified atom stereocenters. The van der Waals surface area contributed by atoms with Crippen LogP contribution in [0.2, 0.25) is 0 Å². The van der Waals surface area contributed by atoms with Gasteiger partial charge in [0.05, 0.1) is 11.8 Å². The molecule has 0 bridgehead atoms. The zero-order chi connectivity index (χ0) is 13.7. The van der Waals surface area contributed by atoms with Crippen LogP contribution in [0.15, 0.2) is 18.6 Å². The first kappa shape index (κ1) is 14.0. The summed E-state index contributed by atoms with van der Waals surface area (Å²) < 4.78 is 0. The first-order chi connectivity index (χ1) is 9.16. The van der Waals surface area contributed by atoms with Crippen LogP contribution in [0.5, 0.6) is 0 Å². The Kier molecular flexibility index (Phi) is 4.87. The van der Waals surface area contributed by atoms with Crippen molar-refractivity contribution in [2.45, 2.75) is 33.4 Å². The van der Waals surface area contributed by atoms with Crippen molar-refractivity contribution in [1.82, 2.24) is 25.6 Å². The van der Waals surface area contributed by atoms with E-state index < -0.39 is 0 Å². The lowest BCUT2D eigenvalue weighted by molar-refractivity contribution is 0.472. The SMILES string of the molecule is CC(C)CNCC(C)NCc1ccnc2nc[nH]c12. The number of aromatic amines is 1. The van der Waals surface area contributed by atoms with Crippen molar-refractivity contribution in [3.8, 4) is 0 Å². The van der Waals surface area contributed by atoms with E-state index in [0.29, 0.717) is 12.0 Å². The summed E-state index contributed by atoms with van der Waals surface area (Å²) in [6.07, 6.45) is 3.50. The Morgan fingerprint density at radius 1 is 1.21 bits per heavy atom. The van der Waals surface area contributed by atoms with Crippen molar-refractivity contribution in [1.29, 1.82) is 0 Å². The molecule has 2 heterocycles. The predicted molar refractivity (Wildman–Crippen MR) is 77.9 cm³/mol. The number of aromatic nitrogens is 3. The summed E-state index contributed by atoms with van der Waals surface area (Å²) in [4.78, 5) is 11.5. The van der Waals surface area contributed by atoms with Crippen molar-refractivity contribution >= 4 is 11.2 Å². The van der Waals surface area contributed by atoms with Crippen molar-refractivity contribution < 1.29 is 0 Å². The van der Waals surface area contributed by atoms with E-state index in [-0.39, 0.29) is 0 Å². The van der Waals surface area contributed by atoms with Crippen LogP contribution in [0.25, 0.3) is 11.2 Å². The maximum atomic E-state index is 4.22. The zero-order valence-corrected chi connectivity index (χ0v) is 11.9. The van der Waals surface area contributed by atoms with Gasteiger partial charge in [0.1, 0.15) is 0 Å². The standard InChI is InChI=1S/C14H23N5/c1-10(2)6-15-7-11(3)17-8-12-4-5-16-14-13(12)18-9-19-14/h4-5,9-11,15,17H,6-8H2,1-3H3,(H,16,18,19). The average Bonchev–Trinajstić information content (AvgIpc) is 2.84. The van der Waals surface area contributed by atoms with Gasteiger partial charge in [-0.15, -0.1) is 0 Å². The van der Waals surface area contributed by atoms with E-state index in [1.807, 2.05) is 12.3 Å². The van der Waals surface area contributed by atoms with Gasteiger partial charge in [0.15, 0.2) is 5.65 Å². The molecule has 0 fully saturated rings. The smallest absolute Gasteiger partial charge is 0.177 e. The fraction of sp³-hybridized carbons (Fsp3) is 0.571. The quantitative estimate of drug-likeness (QED) is 0.709. The third-order valence-corrected chi connectivity index (χ3v) is 3.06. The highest BCUT2D eigenvalue weighted by Gasteiger charge is 2.06. The van der Waals surface area contributed by atoms with Gasteiger partial charge in [-0.05, 0) is 31.0 Å². The van der Waals surface area contributed by atoms with E-state index in [4.69, 9.17) is 0 Å². The van der Waals surface area contributed by atoms with Crippen LogP contribution in [-0.2, 0) is 6.54 Å². The highest BCUT2D eigenvalue weighted by molar-refractivity contribution is 5.73. The van der Waals surface area contributed by atoms with Crippen molar-refractivity contribution in [3.05, 3.63) is 24.2 Å². The maximum absolute atomic E-state index is 4.22. The molecular formula is C14H23N5. The van der Waals surface area contributed by atoms with Crippen LogP contribution in [0.1, 0.15) is 26.3 Å². The molecule has 5 heteroatoms. The Morgan fingerprint density at radius 2 is 2.05 bits per heavy atom. The van der Waals surface area contributed by atoms with Crippen LogP contribution in [0, 0.1) is 5.92 Å². The molecule has 2 aromatic heterocycles. The molecule has 104 valence electrons. The van der Waals surface area contributed by atoms with E-state index >= 15 is 0 Å². The summed E-state index contributed by atoms with van der Waals surface area (Å²) in [5.74, 6) is 0.692. The monoisotopic (exact) mass is 261 g/mol. The number of fused-ring (bicyclic) bond motifs is 1. The van der Waals surface area contributed by atoms with E-state index in [1.165, 1.54) is 5.56 Å². The Labute approximate surface area is 114 Å². The molecule has 0 saturated heterocycles. The summed E-state index contributed by atoms with van der Waals surface area (Å²) in [6.45, 7) is 9.50. The van der Waals surface area contributed by atoms with E-state index in [9.17, 15) is 0 Å². The molecule has 2 rings (SSSR count). The van der Waals surface area contributed by atoms with Gasteiger partial charge in [0, 0.05) is 25.3 Å². The maximum Gasteiger partial charge on any atom is 0.177 e. The summed E-state index contributed by atoms with van der Waals surface area (Å²) in [7, 11) is 0. The minimum Gasteiger partial charge on any atom is -0.343 e. The molecule has 2 aromatic rings. The number of pyridine rings is 1. The number of hydrogen-bond acceptors (Lipinski definition) is 4. The lowest BCUT2D eigenvalue weighted by atomic mass is 10.2. The topological polar surface area (TPSA) is 65.6 Å². The Bertz CT molecular complexity index is 505. The van der Waals surface area contributed by atoms with Crippen LogP contribution in [0.4, 0.5) is 0 Å². The molecule has 19 heavy (non-hydrogen) atoms. The number of nitrogens with zero attached hydrogens (tertiary/aromatic N) is 2. The van der Waals surface area contributed by atoms with E-state index in [1.54, 1.807) is 6.33 Å². The minimum absolute atomic E-state index is 0.435. The normalized spacial score (nSPS) is 13.3. The zero-order valence-electron chi connectivity index (χ0n) is 11.9. The van der Waals surface area contributed by atoms with Crippen molar-refractivity contribution in [3.63, 3.8) is 0 Å². The molecule has 0 aliphatic carbocycles. The van der Waals surface area contributed by atoms with Gasteiger partial charge in [0.25, 0.3) is 0 Å². The third-order valence-electron chi connectivity index (χ3n) is 3.06. The van der Waals surface area contributed by atoms with Crippen LogP contribution in [0.3, 0.4) is 0 Å². The number of H-pyrrole nitrogens is 1. The van der Waals surface area contributed by atoms with Gasteiger partial charge in [-0.3, -0.25) is 0 Å². The first-order valence-corrected chi connectivity index (χ1v) is 6.88. The second kappa shape index (κ2) is 6.63. The van der Waals surface area contributed by atoms with Gasteiger partial charge in [0.2, 0.25) is 0 Å². The van der Waals surface area contributed by atoms with E-state index in [2.05, 4.69) is 46.4 Å². The molecule has 3 N–H and O–H groups in total. The van der Waals surface area contributed by atoms with Crippen LogP contribution < -0.4 is 10.6 Å². The fourth-order valence-corrected chi connectivity index (χ4v) is 1.99. The molecular weight excluding hydrogens is 238 g/mol. The van der Waals surface area contributed by atoms with Crippen LogP contribution in [-0.4, -0.2) is 34.1 Å². The fourth-order valence-electron chi connectivity index (χ4n) is 1.99.